The molecule has 2 heteroatoms. The molecule has 0 radical (unpaired) electrons. The summed E-state index contributed by atoms with van der Waals surface area (Å²) < 4.78 is 0. The molecule has 1 saturated heterocycles. The van der Waals surface area contributed by atoms with Gasteiger partial charge in [-0.15, -0.1) is 0 Å². The van der Waals surface area contributed by atoms with Crippen LogP contribution in [0.3, 0.4) is 0 Å². The van der Waals surface area contributed by atoms with Crippen molar-refractivity contribution in [2.45, 2.75) is 83.2 Å². The zero-order chi connectivity index (χ0) is 13.8. The molecule has 2 atom stereocenters. The summed E-state index contributed by atoms with van der Waals surface area (Å²) in [5.41, 5.74) is 0. The Morgan fingerprint density at radius 3 is 2.35 bits per heavy atom. The Morgan fingerprint density at radius 2 is 1.70 bits per heavy atom. The van der Waals surface area contributed by atoms with E-state index < -0.39 is 0 Å². The fourth-order valence-corrected chi connectivity index (χ4v) is 4.46. The smallest absolute Gasteiger partial charge is 0.0198 e. The molecule has 2 nitrogen and oxygen atoms in total. The van der Waals surface area contributed by atoms with Gasteiger partial charge in [0, 0.05) is 25.2 Å². The summed E-state index contributed by atoms with van der Waals surface area (Å²) >= 11 is 0. The molecule has 2 unspecified atom stereocenters. The van der Waals surface area contributed by atoms with Crippen LogP contribution in [0.15, 0.2) is 0 Å². The normalized spacial score (nSPS) is 34.0. The molecule has 0 bridgehead atoms. The molecule has 20 heavy (non-hydrogen) atoms. The number of hydrogen-bond acceptors (Lipinski definition) is 2. The largest absolute Gasteiger partial charge is 0.312 e. The highest BCUT2D eigenvalue weighted by Crippen LogP contribution is 2.29. The van der Waals surface area contributed by atoms with Gasteiger partial charge in [0.15, 0.2) is 0 Å². The Balaban J connectivity index is 1.50. The van der Waals surface area contributed by atoms with Crippen LogP contribution in [0, 0.1) is 11.8 Å². The lowest BCUT2D eigenvalue weighted by Crippen LogP contribution is -2.53. The SMILES string of the molecule is CCC1CC(NCC2CCC2)CN(C2CCCCC2)C1. The molecule has 3 fully saturated rings. The van der Waals surface area contributed by atoms with E-state index in [0.717, 1.165) is 23.9 Å². The van der Waals surface area contributed by atoms with E-state index in [9.17, 15) is 0 Å². The highest BCUT2D eigenvalue weighted by Gasteiger charge is 2.31. The highest BCUT2D eigenvalue weighted by atomic mass is 15.2. The molecule has 2 aliphatic carbocycles. The molecule has 3 aliphatic rings. The van der Waals surface area contributed by atoms with E-state index in [1.165, 1.54) is 83.8 Å². The van der Waals surface area contributed by atoms with Crippen LogP contribution in [0.25, 0.3) is 0 Å². The highest BCUT2D eigenvalue weighted by molar-refractivity contribution is 4.88. The second kappa shape index (κ2) is 7.26. The predicted octanol–water partition coefficient (Wildman–Crippen LogP) is 3.81. The van der Waals surface area contributed by atoms with Crippen LogP contribution in [0.5, 0.6) is 0 Å². The van der Waals surface area contributed by atoms with Crippen molar-refractivity contribution in [3.8, 4) is 0 Å². The zero-order valence-corrected chi connectivity index (χ0v) is 13.4. The van der Waals surface area contributed by atoms with E-state index in [2.05, 4.69) is 17.1 Å². The first-order valence-corrected chi connectivity index (χ1v) is 9.32. The predicted molar refractivity (Wildman–Crippen MR) is 86.0 cm³/mol. The van der Waals surface area contributed by atoms with Crippen molar-refractivity contribution in [2.24, 2.45) is 11.8 Å². The van der Waals surface area contributed by atoms with Crippen molar-refractivity contribution < 1.29 is 0 Å². The van der Waals surface area contributed by atoms with Gasteiger partial charge < -0.3 is 5.32 Å². The van der Waals surface area contributed by atoms with Crippen LogP contribution < -0.4 is 5.32 Å². The lowest BCUT2D eigenvalue weighted by Gasteiger charge is -2.44. The van der Waals surface area contributed by atoms with Gasteiger partial charge in [0.05, 0.1) is 0 Å². The van der Waals surface area contributed by atoms with Crippen molar-refractivity contribution in [1.29, 1.82) is 0 Å². The number of likely N-dealkylation sites (tertiary alicyclic amines) is 1. The van der Waals surface area contributed by atoms with Crippen LogP contribution in [0.2, 0.25) is 0 Å². The number of nitrogens with one attached hydrogen (secondary N) is 1. The van der Waals surface area contributed by atoms with Gasteiger partial charge in [0.1, 0.15) is 0 Å². The summed E-state index contributed by atoms with van der Waals surface area (Å²) in [7, 11) is 0. The van der Waals surface area contributed by atoms with E-state index >= 15 is 0 Å². The Labute approximate surface area is 125 Å². The summed E-state index contributed by atoms with van der Waals surface area (Å²) in [6.07, 6.45) is 14.6. The Kier molecular flexibility index (Phi) is 5.39. The fraction of sp³-hybridized carbons (Fsp3) is 1.00. The first-order valence-electron chi connectivity index (χ1n) is 9.32. The van der Waals surface area contributed by atoms with Crippen LogP contribution in [0.1, 0.15) is 71.1 Å². The number of hydrogen-bond donors (Lipinski definition) is 1. The van der Waals surface area contributed by atoms with Gasteiger partial charge in [-0.25, -0.2) is 0 Å². The second-order valence-electron chi connectivity index (χ2n) is 7.66. The molecule has 1 aliphatic heterocycles. The number of piperidine rings is 1. The summed E-state index contributed by atoms with van der Waals surface area (Å²) in [6.45, 7) is 6.38. The molecule has 1 heterocycles. The Bertz CT molecular complexity index is 281. The maximum Gasteiger partial charge on any atom is 0.0198 e. The van der Waals surface area contributed by atoms with Crippen LogP contribution >= 0.6 is 0 Å². The van der Waals surface area contributed by atoms with Crippen LogP contribution in [0.4, 0.5) is 0 Å². The van der Waals surface area contributed by atoms with E-state index in [1.807, 2.05) is 0 Å². The molecule has 0 aromatic rings. The third-order valence-corrected chi connectivity index (χ3v) is 6.15. The zero-order valence-electron chi connectivity index (χ0n) is 13.4. The van der Waals surface area contributed by atoms with E-state index in [0.29, 0.717) is 0 Å². The van der Waals surface area contributed by atoms with E-state index in [-0.39, 0.29) is 0 Å². The van der Waals surface area contributed by atoms with Crippen molar-refractivity contribution in [3.05, 3.63) is 0 Å². The topological polar surface area (TPSA) is 15.3 Å². The molecular formula is C18H34N2. The lowest BCUT2D eigenvalue weighted by atomic mass is 9.84. The Hall–Kier alpha value is -0.0800. The summed E-state index contributed by atoms with van der Waals surface area (Å²) in [6, 6.07) is 1.68. The average Bonchev–Trinajstić information content (AvgIpc) is 2.46. The van der Waals surface area contributed by atoms with Gasteiger partial charge in [0.2, 0.25) is 0 Å². The van der Waals surface area contributed by atoms with Gasteiger partial charge in [-0.2, -0.15) is 0 Å². The monoisotopic (exact) mass is 278 g/mol. The fourth-order valence-electron chi connectivity index (χ4n) is 4.46. The van der Waals surface area contributed by atoms with Crippen LogP contribution in [-0.2, 0) is 0 Å². The third kappa shape index (κ3) is 3.76. The minimum atomic E-state index is 0.774. The summed E-state index contributed by atoms with van der Waals surface area (Å²) in [4.78, 5) is 2.86. The lowest BCUT2D eigenvalue weighted by molar-refractivity contribution is 0.0735. The third-order valence-electron chi connectivity index (χ3n) is 6.15. The van der Waals surface area contributed by atoms with Gasteiger partial charge >= 0.3 is 0 Å². The van der Waals surface area contributed by atoms with Gasteiger partial charge in [-0.1, -0.05) is 39.0 Å². The van der Waals surface area contributed by atoms with Gasteiger partial charge in [0.25, 0.3) is 0 Å². The quantitative estimate of drug-likeness (QED) is 0.822. The summed E-state index contributed by atoms with van der Waals surface area (Å²) in [5.74, 6) is 1.93. The average molecular weight is 278 g/mol. The maximum atomic E-state index is 3.92. The van der Waals surface area contributed by atoms with Crippen molar-refractivity contribution in [1.82, 2.24) is 10.2 Å². The number of rotatable bonds is 5. The van der Waals surface area contributed by atoms with Crippen molar-refractivity contribution in [3.63, 3.8) is 0 Å². The van der Waals surface area contributed by atoms with E-state index in [4.69, 9.17) is 0 Å². The maximum absolute atomic E-state index is 3.92. The first-order chi connectivity index (χ1) is 9.85. The standard InChI is InChI=1S/C18H34N2/c1-2-15-11-17(19-12-16-7-6-8-16)14-20(13-15)18-9-4-3-5-10-18/h15-19H,2-14H2,1H3. The minimum Gasteiger partial charge on any atom is -0.312 e. The van der Waals surface area contributed by atoms with E-state index in [1.54, 1.807) is 0 Å². The van der Waals surface area contributed by atoms with Gasteiger partial charge in [-0.05, 0) is 50.5 Å². The van der Waals surface area contributed by atoms with Crippen LogP contribution in [-0.4, -0.2) is 36.6 Å². The number of nitrogens with zero attached hydrogens (tertiary/aromatic N) is 1. The molecule has 0 amide bonds. The second-order valence-corrected chi connectivity index (χ2v) is 7.66. The molecular weight excluding hydrogens is 244 g/mol. The molecule has 0 aromatic heterocycles. The molecule has 0 aromatic carbocycles. The summed E-state index contributed by atoms with van der Waals surface area (Å²) in [5, 5.41) is 3.92. The minimum absolute atomic E-state index is 0.774. The van der Waals surface area contributed by atoms with Crippen molar-refractivity contribution in [2.75, 3.05) is 19.6 Å². The molecule has 0 spiro atoms. The van der Waals surface area contributed by atoms with Crippen molar-refractivity contribution >= 4 is 0 Å². The first kappa shape index (κ1) is 14.8. The molecule has 2 saturated carbocycles. The Morgan fingerprint density at radius 1 is 0.900 bits per heavy atom. The molecule has 116 valence electrons. The molecule has 1 N–H and O–H groups in total. The van der Waals surface area contributed by atoms with Gasteiger partial charge in [-0.3, -0.25) is 4.90 Å². The molecule has 3 rings (SSSR count).